The van der Waals surface area contributed by atoms with Gasteiger partial charge in [0.15, 0.2) is 0 Å². The number of carbonyl (C=O) groups excluding carboxylic acids is 2. The van der Waals surface area contributed by atoms with Gasteiger partial charge < -0.3 is 5.32 Å². The van der Waals surface area contributed by atoms with Gasteiger partial charge in [-0.2, -0.15) is 0 Å². The van der Waals surface area contributed by atoms with Crippen molar-refractivity contribution in [1.29, 1.82) is 0 Å². The Hall–Kier alpha value is -1.78. The first-order valence-electron chi connectivity index (χ1n) is 6.64. The third-order valence-electron chi connectivity index (χ3n) is 3.73. The highest BCUT2D eigenvalue weighted by molar-refractivity contribution is 5.84. The lowest BCUT2D eigenvalue weighted by Gasteiger charge is -2.20. The van der Waals surface area contributed by atoms with Crippen LogP contribution in [-0.4, -0.2) is 21.7 Å². The highest BCUT2D eigenvalue weighted by Crippen LogP contribution is 2.21. The first-order valence-corrected chi connectivity index (χ1v) is 6.64. The summed E-state index contributed by atoms with van der Waals surface area (Å²) in [4.78, 5) is 31.5. The Labute approximate surface area is 112 Å². The van der Waals surface area contributed by atoms with E-state index in [2.05, 4.69) is 15.3 Å². The lowest BCUT2D eigenvalue weighted by molar-refractivity contribution is -0.128. The van der Waals surface area contributed by atoms with Crippen molar-refractivity contribution in [2.24, 2.45) is 5.92 Å². The molecule has 1 saturated carbocycles. The maximum absolute atomic E-state index is 12.0. The van der Waals surface area contributed by atoms with E-state index in [4.69, 9.17) is 0 Å². The van der Waals surface area contributed by atoms with E-state index in [0.717, 1.165) is 17.0 Å². The lowest BCUT2D eigenvalue weighted by atomic mass is 9.88. The van der Waals surface area contributed by atoms with Crippen LogP contribution in [-0.2, 0) is 16.1 Å². The Morgan fingerprint density at radius 2 is 1.84 bits per heavy atom. The van der Waals surface area contributed by atoms with Crippen LogP contribution in [0.2, 0.25) is 0 Å². The van der Waals surface area contributed by atoms with E-state index < -0.39 is 0 Å². The number of aryl methyl sites for hydroxylation is 2. The predicted octanol–water partition coefficient (Wildman–Crippen LogP) is 1.47. The minimum atomic E-state index is -0.0251. The molecule has 2 rings (SSSR count). The molecule has 0 bridgehead atoms. The fourth-order valence-electron chi connectivity index (χ4n) is 2.40. The number of nitrogens with zero attached hydrogens (tertiary/aromatic N) is 2. The summed E-state index contributed by atoms with van der Waals surface area (Å²) in [6.45, 7) is 4.28. The summed E-state index contributed by atoms with van der Waals surface area (Å²) < 4.78 is 0. The molecule has 1 aliphatic rings. The molecule has 0 spiro atoms. The number of hydrogen-bond donors (Lipinski definition) is 1. The van der Waals surface area contributed by atoms with Gasteiger partial charge in [0.25, 0.3) is 0 Å². The van der Waals surface area contributed by atoms with Crippen LogP contribution >= 0.6 is 0 Å². The summed E-state index contributed by atoms with van der Waals surface area (Å²) in [5, 5.41) is 2.93. The molecule has 1 amide bonds. The van der Waals surface area contributed by atoms with E-state index in [9.17, 15) is 9.59 Å². The van der Waals surface area contributed by atoms with E-state index >= 15 is 0 Å². The van der Waals surface area contributed by atoms with Gasteiger partial charge in [-0.15, -0.1) is 0 Å². The third kappa shape index (κ3) is 3.36. The van der Waals surface area contributed by atoms with Crippen LogP contribution in [0.1, 0.15) is 42.6 Å². The molecule has 1 aliphatic carbocycles. The van der Waals surface area contributed by atoms with Crippen LogP contribution in [0.4, 0.5) is 0 Å². The first-order chi connectivity index (χ1) is 9.08. The molecule has 0 unspecified atom stereocenters. The maximum Gasteiger partial charge on any atom is 0.223 e. The number of ketones is 1. The van der Waals surface area contributed by atoms with Gasteiger partial charge in [0.1, 0.15) is 12.1 Å². The van der Waals surface area contributed by atoms with Gasteiger partial charge in [0, 0.05) is 42.3 Å². The SMILES string of the molecule is Cc1ncnc(C)c1CNC(=O)C1CCC(=O)CC1. The topological polar surface area (TPSA) is 72.0 Å². The van der Waals surface area contributed by atoms with E-state index in [0.29, 0.717) is 32.2 Å². The fourth-order valence-corrected chi connectivity index (χ4v) is 2.40. The molecular formula is C14H19N3O2. The van der Waals surface area contributed by atoms with Crippen LogP contribution in [0.15, 0.2) is 6.33 Å². The largest absolute Gasteiger partial charge is 0.352 e. The molecule has 0 radical (unpaired) electrons. The molecule has 102 valence electrons. The number of nitrogens with one attached hydrogen (secondary N) is 1. The second kappa shape index (κ2) is 5.91. The monoisotopic (exact) mass is 261 g/mol. The van der Waals surface area contributed by atoms with Gasteiger partial charge in [-0.3, -0.25) is 9.59 Å². The smallest absolute Gasteiger partial charge is 0.223 e. The second-order valence-electron chi connectivity index (χ2n) is 5.05. The molecular weight excluding hydrogens is 242 g/mol. The zero-order valence-electron chi connectivity index (χ0n) is 11.4. The Balaban J connectivity index is 1.92. The normalized spacial score (nSPS) is 16.4. The quantitative estimate of drug-likeness (QED) is 0.894. The summed E-state index contributed by atoms with van der Waals surface area (Å²) >= 11 is 0. The van der Waals surface area contributed by atoms with Crippen LogP contribution < -0.4 is 5.32 Å². The van der Waals surface area contributed by atoms with Crippen molar-refractivity contribution in [3.05, 3.63) is 23.3 Å². The molecule has 0 aromatic carbocycles. The van der Waals surface area contributed by atoms with Crippen molar-refractivity contribution >= 4 is 11.7 Å². The van der Waals surface area contributed by atoms with E-state index in [-0.39, 0.29) is 17.6 Å². The minimum Gasteiger partial charge on any atom is -0.352 e. The van der Waals surface area contributed by atoms with Gasteiger partial charge in [-0.1, -0.05) is 0 Å². The van der Waals surface area contributed by atoms with Crippen LogP contribution in [0.3, 0.4) is 0 Å². The standard InChI is InChI=1S/C14H19N3O2/c1-9-13(10(2)17-8-16-9)7-15-14(19)11-3-5-12(18)6-4-11/h8,11H,3-7H2,1-2H3,(H,15,19). The highest BCUT2D eigenvalue weighted by atomic mass is 16.2. The highest BCUT2D eigenvalue weighted by Gasteiger charge is 2.24. The molecule has 5 heteroatoms. The Kier molecular flexibility index (Phi) is 4.24. The van der Waals surface area contributed by atoms with Gasteiger partial charge in [-0.25, -0.2) is 9.97 Å². The van der Waals surface area contributed by atoms with Crippen LogP contribution in [0.5, 0.6) is 0 Å². The predicted molar refractivity (Wildman–Crippen MR) is 70.3 cm³/mol. The van der Waals surface area contributed by atoms with Gasteiger partial charge >= 0.3 is 0 Å². The summed E-state index contributed by atoms with van der Waals surface area (Å²) in [7, 11) is 0. The molecule has 1 N–H and O–H groups in total. The maximum atomic E-state index is 12.0. The summed E-state index contributed by atoms with van der Waals surface area (Å²) in [6.07, 6.45) is 3.94. The molecule has 0 atom stereocenters. The van der Waals surface area contributed by atoms with Crippen LogP contribution in [0, 0.1) is 19.8 Å². The first kappa shape index (κ1) is 13.6. The number of Topliss-reactive ketones (excluding diaryl/α,β-unsaturated/α-hetero) is 1. The Morgan fingerprint density at radius 3 is 2.42 bits per heavy atom. The number of carbonyl (C=O) groups is 2. The van der Waals surface area contributed by atoms with Gasteiger partial charge in [0.05, 0.1) is 0 Å². The van der Waals surface area contributed by atoms with Crippen molar-refractivity contribution in [1.82, 2.24) is 15.3 Å². The molecule has 19 heavy (non-hydrogen) atoms. The van der Waals surface area contributed by atoms with E-state index in [1.54, 1.807) is 0 Å². The number of aromatic nitrogens is 2. The second-order valence-corrected chi connectivity index (χ2v) is 5.05. The summed E-state index contributed by atoms with van der Waals surface area (Å²) in [5.74, 6) is 0.283. The molecule has 5 nitrogen and oxygen atoms in total. The average Bonchev–Trinajstić information content (AvgIpc) is 2.38. The Morgan fingerprint density at radius 1 is 1.26 bits per heavy atom. The van der Waals surface area contributed by atoms with Crippen LogP contribution in [0.25, 0.3) is 0 Å². The number of hydrogen-bond acceptors (Lipinski definition) is 4. The third-order valence-corrected chi connectivity index (χ3v) is 3.73. The summed E-state index contributed by atoms with van der Waals surface area (Å²) in [5.41, 5.74) is 2.76. The van der Waals surface area contributed by atoms with Gasteiger partial charge in [0.2, 0.25) is 5.91 Å². The molecule has 1 aromatic heterocycles. The minimum absolute atomic E-state index is 0.0251. The number of amides is 1. The van der Waals surface area contributed by atoms with Crippen molar-refractivity contribution in [2.45, 2.75) is 46.1 Å². The zero-order chi connectivity index (χ0) is 13.8. The molecule has 1 aromatic rings. The number of rotatable bonds is 3. The zero-order valence-corrected chi connectivity index (χ0v) is 11.4. The lowest BCUT2D eigenvalue weighted by Crippen LogP contribution is -2.33. The molecule has 0 aliphatic heterocycles. The molecule has 0 saturated heterocycles. The van der Waals surface area contributed by atoms with E-state index in [1.165, 1.54) is 6.33 Å². The van der Waals surface area contributed by atoms with Crippen molar-refractivity contribution in [2.75, 3.05) is 0 Å². The van der Waals surface area contributed by atoms with Gasteiger partial charge in [-0.05, 0) is 26.7 Å². The molecule has 1 fully saturated rings. The average molecular weight is 261 g/mol. The summed E-state index contributed by atoms with van der Waals surface area (Å²) in [6, 6.07) is 0. The van der Waals surface area contributed by atoms with Crippen molar-refractivity contribution in [3.8, 4) is 0 Å². The Bertz CT molecular complexity index is 469. The molecule has 1 heterocycles. The fraction of sp³-hybridized carbons (Fsp3) is 0.571. The van der Waals surface area contributed by atoms with Crippen molar-refractivity contribution in [3.63, 3.8) is 0 Å². The van der Waals surface area contributed by atoms with Crippen molar-refractivity contribution < 1.29 is 9.59 Å². The van der Waals surface area contributed by atoms with E-state index in [1.807, 2.05) is 13.8 Å².